The molecule has 0 bridgehead atoms. The summed E-state index contributed by atoms with van der Waals surface area (Å²) in [6, 6.07) is 10.9. The molecule has 24 heavy (non-hydrogen) atoms. The number of rotatable bonds is 6. The summed E-state index contributed by atoms with van der Waals surface area (Å²) in [5.41, 5.74) is 2.58. The van der Waals surface area contributed by atoms with Crippen LogP contribution in [0.15, 0.2) is 48.8 Å². The topological polar surface area (TPSA) is 88.1 Å². The molecule has 2 aromatic heterocycles. The average Bonchev–Trinajstić information content (AvgIpc) is 3.09. The lowest BCUT2D eigenvalue weighted by Crippen LogP contribution is -1.98. The number of methoxy groups -OCH3 is 1. The minimum absolute atomic E-state index is 0.199. The molecule has 0 spiro atoms. The summed E-state index contributed by atoms with van der Waals surface area (Å²) in [7, 11) is 1.66. The molecule has 0 amide bonds. The van der Waals surface area contributed by atoms with Crippen LogP contribution in [0.1, 0.15) is 21.7 Å². The van der Waals surface area contributed by atoms with Gasteiger partial charge in [0, 0.05) is 12.6 Å². The minimum Gasteiger partial charge on any atom is -0.496 e. The van der Waals surface area contributed by atoms with E-state index in [1.54, 1.807) is 13.3 Å². The van der Waals surface area contributed by atoms with E-state index in [2.05, 4.69) is 15.0 Å². The quantitative estimate of drug-likeness (QED) is 0.728. The molecule has 2 N–H and O–H groups in total. The maximum Gasteiger partial charge on any atom is 0.335 e. The predicted octanol–water partition coefficient (Wildman–Crippen LogP) is 2.96. The first-order valence-electron chi connectivity index (χ1n) is 7.53. The minimum atomic E-state index is -0.977. The molecule has 0 aliphatic carbocycles. The number of pyridine rings is 1. The smallest absolute Gasteiger partial charge is 0.335 e. The first kappa shape index (κ1) is 15.7. The molecule has 0 saturated heterocycles. The third-order valence-corrected chi connectivity index (χ3v) is 3.73. The number of imidazole rings is 1. The summed E-state index contributed by atoms with van der Waals surface area (Å²) in [4.78, 5) is 22.8. The molecule has 1 aromatic carbocycles. The zero-order valence-corrected chi connectivity index (χ0v) is 13.2. The Morgan fingerprint density at radius 2 is 2.04 bits per heavy atom. The number of benzene rings is 1. The van der Waals surface area contributed by atoms with Crippen molar-refractivity contribution in [3.8, 4) is 17.1 Å². The van der Waals surface area contributed by atoms with Crippen molar-refractivity contribution < 1.29 is 14.6 Å². The van der Waals surface area contributed by atoms with Crippen molar-refractivity contribution in [1.82, 2.24) is 15.0 Å². The van der Waals surface area contributed by atoms with Crippen LogP contribution in [-0.4, -0.2) is 33.1 Å². The van der Waals surface area contributed by atoms with Gasteiger partial charge in [0.25, 0.3) is 0 Å². The lowest BCUT2D eigenvalue weighted by atomic mass is 10.1. The number of para-hydroxylation sites is 1. The van der Waals surface area contributed by atoms with Crippen LogP contribution < -0.4 is 4.74 Å². The van der Waals surface area contributed by atoms with Crippen molar-refractivity contribution in [2.75, 3.05) is 7.11 Å². The highest BCUT2D eigenvalue weighted by Crippen LogP contribution is 2.20. The third kappa shape index (κ3) is 3.43. The Kier molecular flexibility index (Phi) is 4.56. The molecule has 2 heterocycles. The van der Waals surface area contributed by atoms with Crippen LogP contribution in [0.5, 0.6) is 5.75 Å². The Morgan fingerprint density at radius 3 is 2.83 bits per heavy atom. The van der Waals surface area contributed by atoms with Gasteiger partial charge in [0.1, 0.15) is 11.6 Å². The number of aromatic nitrogens is 3. The van der Waals surface area contributed by atoms with Crippen molar-refractivity contribution in [3.63, 3.8) is 0 Å². The summed E-state index contributed by atoms with van der Waals surface area (Å²) >= 11 is 0. The van der Waals surface area contributed by atoms with E-state index in [0.717, 1.165) is 30.0 Å². The van der Waals surface area contributed by atoms with Gasteiger partial charge in [-0.15, -0.1) is 0 Å². The molecular weight excluding hydrogens is 306 g/mol. The van der Waals surface area contributed by atoms with Gasteiger partial charge in [0.05, 0.1) is 30.3 Å². The van der Waals surface area contributed by atoms with Gasteiger partial charge in [-0.2, -0.15) is 0 Å². The summed E-state index contributed by atoms with van der Waals surface area (Å²) in [6.07, 6.45) is 4.66. The molecule has 0 atom stereocenters. The van der Waals surface area contributed by atoms with Gasteiger partial charge < -0.3 is 14.8 Å². The van der Waals surface area contributed by atoms with E-state index in [1.807, 2.05) is 24.3 Å². The number of carboxylic acids is 1. The van der Waals surface area contributed by atoms with E-state index in [1.165, 1.54) is 18.3 Å². The average molecular weight is 323 g/mol. The van der Waals surface area contributed by atoms with E-state index < -0.39 is 5.97 Å². The Bertz CT molecular complexity index is 858. The van der Waals surface area contributed by atoms with E-state index in [-0.39, 0.29) is 5.56 Å². The van der Waals surface area contributed by atoms with Crippen LogP contribution in [0.25, 0.3) is 11.4 Å². The molecule has 0 aliphatic rings. The maximum atomic E-state index is 11.0. The maximum absolute atomic E-state index is 11.0. The number of aromatic amines is 1. The van der Waals surface area contributed by atoms with Crippen molar-refractivity contribution in [2.45, 2.75) is 12.8 Å². The van der Waals surface area contributed by atoms with Crippen LogP contribution in [0.3, 0.4) is 0 Å². The number of ether oxygens (including phenoxy) is 1. The van der Waals surface area contributed by atoms with Gasteiger partial charge >= 0.3 is 5.97 Å². The Morgan fingerprint density at radius 1 is 1.21 bits per heavy atom. The lowest BCUT2D eigenvalue weighted by Gasteiger charge is -2.06. The second-order valence-corrected chi connectivity index (χ2v) is 5.29. The summed E-state index contributed by atoms with van der Waals surface area (Å²) in [6.45, 7) is 0. The monoisotopic (exact) mass is 323 g/mol. The molecule has 3 rings (SSSR count). The van der Waals surface area contributed by atoms with Crippen molar-refractivity contribution in [3.05, 3.63) is 65.7 Å². The Labute approximate surface area is 139 Å². The fraction of sp³-hybridized carbons (Fsp3) is 0.167. The molecule has 0 radical (unpaired) electrons. The van der Waals surface area contributed by atoms with Gasteiger partial charge in [-0.1, -0.05) is 18.2 Å². The summed E-state index contributed by atoms with van der Waals surface area (Å²) < 4.78 is 5.35. The summed E-state index contributed by atoms with van der Waals surface area (Å²) in [5, 5.41) is 9.06. The number of carbonyl (C=O) groups is 1. The molecule has 0 unspecified atom stereocenters. The van der Waals surface area contributed by atoms with Crippen LogP contribution in [-0.2, 0) is 12.8 Å². The highest BCUT2D eigenvalue weighted by atomic mass is 16.5. The summed E-state index contributed by atoms with van der Waals surface area (Å²) in [5.74, 6) is 0.702. The van der Waals surface area contributed by atoms with E-state index in [4.69, 9.17) is 9.84 Å². The number of aryl methyl sites for hydroxylation is 2. The van der Waals surface area contributed by atoms with E-state index in [9.17, 15) is 4.79 Å². The van der Waals surface area contributed by atoms with Crippen LogP contribution in [0, 0.1) is 0 Å². The molecule has 0 saturated carbocycles. The number of H-pyrrole nitrogens is 1. The van der Waals surface area contributed by atoms with E-state index in [0.29, 0.717) is 11.4 Å². The highest BCUT2D eigenvalue weighted by Gasteiger charge is 2.09. The SMILES string of the molecule is COc1ccccc1CCc1ncc(-c2cc(C(=O)O)ccn2)[nH]1. The highest BCUT2D eigenvalue weighted by molar-refractivity contribution is 5.88. The molecule has 0 aliphatic heterocycles. The first-order chi connectivity index (χ1) is 11.7. The lowest BCUT2D eigenvalue weighted by molar-refractivity contribution is 0.0697. The third-order valence-electron chi connectivity index (χ3n) is 3.73. The number of nitrogens with zero attached hydrogens (tertiary/aromatic N) is 2. The largest absolute Gasteiger partial charge is 0.496 e. The molecular formula is C18H17N3O3. The van der Waals surface area contributed by atoms with Crippen LogP contribution in [0.2, 0.25) is 0 Å². The number of hydrogen-bond donors (Lipinski definition) is 2. The number of nitrogens with one attached hydrogen (secondary N) is 1. The van der Waals surface area contributed by atoms with E-state index >= 15 is 0 Å². The number of hydrogen-bond acceptors (Lipinski definition) is 4. The zero-order valence-electron chi connectivity index (χ0n) is 13.2. The van der Waals surface area contributed by atoms with Crippen LogP contribution in [0.4, 0.5) is 0 Å². The van der Waals surface area contributed by atoms with Crippen molar-refractivity contribution in [2.24, 2.45) is 0 Å². The molecule has 122 valence electrons. The number of carboxylic acid groups (broad SMARTS) is 1. The van der Waals surface area contributed by atoms with Gasteiger partial charge in [-0.3, -0.25) is 4.98 Å². The Hall–Kier alpha value is -3.15. The molecule has 0 fully saturated rings. The molecule has 6 heteroatoms. The number of aromatic carboxylic acids is 1. The fourth-order valence-electron chi connectivity index (χ4n) is 2.49. The van der Waals surface area contributed by atoms with Gasteiger partial charge in [0.15, 0.2) is 0 Å². The molecule has 3 aromatic rings. The predicted molar refractivity (Wildman–Crippen MR) is 89.2 cm³/mol. The van der Waals surface area contributed by atoms with Crippen molar-refractivity contribution in [1.29, 1.82) is 0 Å². The second kappa shape index (κ2) is 6.95. The fourth-order valence-corrected chi connectivity index (χ4v) is 2.49. The second-order valence-electron chi connectivity index (χ2n) is 5.29. The van der Waals surface area contributed by atoms with Crippen molar-refractivity contribution >= 4 is 5.97 Å². The first-order valence-corrected chi connectivity index (χ1v) is 7.53. The standard InChI is InChI=1S/C18H17N3O3/c1-24-16-5-3-2-4-12(16)6-7-17-20-11-15(21-17)14-10-13(18(22)23)8-9-19-14/h2-5,8-11H,6-7H2,1H3,(H,20,21)(H,22,23). The van der Waals surface area contributed by atoms with Gasteiger partial charge in [-0.05, 0) is 30.2 Å². The van der Waals surface area contributed by atoms with Crippen LogP contribution >= 0.6 is 0 Å². The van der Waals surface area contributed by atoms with Gasteiger partial charge in [-0.25, -0.2) is 9.78 Å². The molecule has 6 nitrogen and oxygen atoms in total. The van der Waals surface area contributed by atoms with Gasteiger partial charge in [0.2, 0.25) is 0 Å². The normalized spacial score (nSPS) is 10.5. The Balaban J connectivity index is 1.74. The zero-order chi connectivity index (χ0) is 16.9.